The van der Waals surface area contributed by atoms with E-state index in [9.17, 15) is 4.79 Å². The zero-order valence-corrected chi connectivity index (χ0v) is 6.95. The van der Waals surface area contributed by atoms with Crippen LogP contribution in [0.1, 0.15) is 11.1 Å². The van der Waals surface area contributed by atoms with Crippen molar-refractivity contribution >= 4 is 17.7 Å². The molecule has 1 aromatic rings. The van der Waals surface area contributed by atoms with Gasteiger partial charge in [-0.2, -0.15) is 0 Å². The lowest BCUT2D eigenvalue weighted by Gasteiger charge is -1.98. The van der Waals surface area contributed by atoms with Gasteiger partial charge in [0.05, 0.1) is 0 Å². The molecule has 0 unspecified atom stereocenters. The van der Waals surface area contributed by atoms with E-state index in [4.69, 9.17) is 10.8 Å². The summed E-state index contributed by atoms with van der Waals surface area (Å²) < 4.78 is 0. The van der Waals surface area contributed by atoms with Crippen molar-refractivity contribution in [3.8, 4) is 0 Å². The SMILES string of the molecule is Nc1ccc2c(c1)C=C(C(=O)O)C2. The van der Waals surface area contributed by atoms with Gasteiger partial charge in [-0.3, -0.25) is 0 Å². The van der Waals surface area contributed by atoms with Crippen molar-refractivity contribution in [2.75, 3.05) is 5.73 Å². The molecular weight excluding hydrogens is 166 g/mol. The molecule has 2 rings (SSSR count). The van der Waals surface area contributed by atoms with Gasteiger partial charge in [0, 0.05) is 17.7 Å². The minimum Gasteiger partial charge on any atom is -0.478 e. The number of fused-ring (bicyclic) bond motifs is 1. The first-order chi connectivity index (χ1) is 6.16. The third-order valence-electron chi connectivity index (χ3n) is 2.16. The number of rotatable bonds is 1. The molecule has 0 aromatic heterocycles. The van der Waals surface area contributed by atoms with Crippen molar-refractivity contribution in [2.24, 2.45) is 0 Å². The standard InChI is InChI=1S/C10H9NO2/c11-9-2-1-6-3-8(10(12)13)4-7(6)5-9/h1-2,4-5H,3,11H2,(H,12,13). The molecule has 0 spiro atoms. The van der Waals surface area contributed by atoms with Gasteiger partial charge in [-0.15, -0.1) is 0 Å². The third kappa shape index (κ3) is 1.28. The number of aliphatic carboxylic acids is 1. The van der Waals surface area contributed by atoms with Crippen molar-refractivity contribution < 1.29 is 9.90 Å². The van der Waals surface area contributed by atoms with Crippen molar-refractivity contribution in [3.63, 3.8) is 0 Å². The van der Waals surface area contributed by atoms with E-state index in [1.54, 1.807) is 18.2 Å². The molecule has 0 atom stereocenters. The highest BCUT2D eigenvalue weighted by Crippen LogP contribution is 2.26. The summed E-state index contributed by atoms with van der Waals surface area (Å²) >= 11 is 0. The van der Waals surface area contributed by atoms with E-state index in [2.05, 4.69) is 0 Å². The van der Waals surface area contributed by atoms with Gasteiger partial charge in [0.15, 0.2) is 0 Å². The van der Waals surface area contributed by atoms with Gasteiger partial charge in [0.2, 0.25) is 0 Å². The fourth-order valence-corrected chi connectivity index (χ4v) is 1.49. The first kappa shape index (κ1) is 7.86. The zero-order valence-electron chi connectivity index (χ0n) is 6.95. The third-order valence-corrected chi connectivity index (χ3v) is 2.16. The number of nitrogens with two attached hydrogens (primary N) is 1. The average Bonchev–Trinajstić information content (AvgIpc) is 2.46. The Kier molecular flexibility index (Phi) is 1.59. The maximum Gasteiger partial charge on any atom is 0.331 e. The molecule has 13 heavy (non-hydrogen) atoms. The van der Waals surface area contributed by atoms with Gasteiger partial charge < -0.3 is 10.8 Å². The van der Waals surface area contributed by atoms with E-state index in [0.717, 1.165) is 11.1 Å². The lowest BCUT2D eigenvalue weighted by Crippen LogP contribution is -1.99. The van der Waals surface area contributed by atoms with E-state index in [-0.39, 0.29) is 0 Å². The Bertz CT molecular complexity index is 407. The molecular formula is C10H9NO2. The highest BCUT2D eigenvalue weighted by Gasteiger charge is 2.17. The van der Waals surface area contributed by atoms with Crippen molar-refractivity contribution in [1.82, 2.24) is 0 Å². The maximum atomic E-state index is 10.7. The number of carbonyl (C=O) groups is 1. The second-order valence-electron chi connectivity index (χ2n) is 3.11. The molecule has 3 heteroatoms. The predicted molar refractivity (Wildman–Crippen MR) is 50.2 cm³/mol. The molecule has 0 heterocycles. The highest BCUT2D eigenvalue weighted by atomic mass is 16.4. The molecule has 3 N–H and O–H groups in total. The van der Waals surface area contributed by atoms with Crippen LogP contribution in [0, 0.1) is 0 Å². The quantitative estimate of drug-likeness (QED) is 0.632. The predicted octanol–water partition coefficient (Wildman–Crippen LogP) is 1.29. The van der Waals surface area contributed by atoms with Crippen LogP contribution in [0.25, 0.3) is 6.08 Å². The van der Waals surface area contributed by atoms with Gasteiger partial charge in [-0.1, -0.05) is 6.07 Å². The molecule has 0 amide bonds. The first-order valence-electron chi connectivity index (χ1n) is 3.99. The van der Waals surface area contributed by atoms with E-state index in [0.29, 0.717) is 17.7 Å². The topological polar surface area (TPSA) is 63.3 Å². The number of nitrogen functional groups attached to an aromatic ring is 1. The maximum absolute atomic E-state index is 10.7. The Hall–Kier alpha value is -1.77. The normalized spacial score (nSPS) is 13.7. The van der Waals surface area contributed by atoms with Gasteiger partial charge in [0.25, 0.3) is 0 Å². The van der Waals surface area contributed by atoms with Crippen LogP contribution in [0.15, 0.2) is 23.8 Å². The molecule has 3 nitrogen and oxygen atoms in total. The molecule has 0 saturated carbocycles. The lowest BCUT2D eigenvalue weighted by atomic mass is 10.1. The first-order valence-corrected chi connectivity index (χ1v) is 3.99. The summed E-state index contributed by atoms with van der Waals surface area (Å²) in [6.07, 6.45) is 2.18. The summed E-state index contributed by atoms with van der Waals surface area (Å²) in [6.45, 7) is 0. The highest BCUT2D eigenvalue weighted by molar-refractivity contribution is 5.95. The lowest BCUT2D eigenvalue weighted by molar-refractivity contribution is -0.132. The summed E-state index contributed by atoms with van der Waals surface area (Å²) in [4.78, 5) is 10.7. The zero-order chi connectivity index (χ0) is 9.42. The van der Waals surface area contributed by atoms with Gasteiger partial charge in [-0.25, -0.2) is 4.79 Å². The monoisotopic (exact) mass is 175 g/mol. The number of anilines is 1. The van der Waals surface area contributed by atoms with Crippen LogP contribution in [0.4, 0.5) is 5.69 Å². The number of benzene rings is 1. The average molecular weight is 175 g/mol. The van der Waals surface area contributed by atoms with Crippen molar-refractivity contribution in [3.05, 3.63) is 34.9 Å². The van der Waals surface area contributed by atoms with Crippen LogP contribution in [-0.4, -0.2) is 11.1 Å². The van der Waals surface area contributed by atoms with Crippen LogP contribution in [-0.2, 0) is 11.2 Å². The minimum atomic E-state index is -0.852. The number of hydrogen-bond acceptors (Lipinski definition) is 2. The molecule has 0 fully saturated rings. The summed E-state index contributed by atoms with van der Waals surface area (Å²) in [5, 5.41) is 8.76. The van der Waals surface area contributed by atoms with Gasteiger partial charge in [0.1, 0.15) is 0 Å². The molecule has 0 bridgehead atoms. The largest absolute Gasteiger partial charge is 0.478 e. The Morgan fingerprint density at radius 3 is 2.92 bits per heavy atom. The van der Waals surface area contributed by atoms with Crippen LogP contribution in [0.2, 0.25) is 0 Å². The summed E-state index contributed by atoms with van der Waals surface area (Å²) in [5.74, 6) is -0.852. The summed E-state index contributed by atoms with van der Waals surface area (Å²) in [5.41, 5.74) is 8.64. The van der Waals surface area contributed by atoms with E-state index in [1.165, 1.54) is 0 Å². The van der Waals surface area contributed by atoms with Crippen molar-refractivity contribution in [2.45, 2.75) is 6.42 Å². The van der Waals surface area contributed by atoms with E-state index < -0.39 is 5.97 Å². The summed E-state index contributed by atoms with van der Waals surface area (Å²) in [6, 6.07) is 5.46. The molecule has 1 aliphatic carbocycles. The smallest absolute Gasteiger partial charge is 0.331 e. The Balaban J connectivity index is 2.43. The number of hydrogen-bond donors (Lipinski definition) is 2. The second-order valence-corrected chi connectivity index (χ2v) is 3.11. The molecule has 66 valence electrons. The van der Waals surface area contributed by atoms with Crippen LogP contribution in [0.5, 0.6) is 0 Å². The molecule has 1 aliphatic rings. The van der Waals surface area contributed by atoms with E-state index >= 15 is 0 Å². The minimum absolute atomic E-state index is 0.431. The molecule has 1 aromatic carbocycles. The molecule has 0 saturated heterocycles. The number of carboxylic acids is 1. The van der Waals surface area contributed by atoms with Gasteiger partial charge >= 0.3 is 5.97 Å². The Morgan fingerprint density at radius 1 is 1.46 bits per heavy atom. The van der Waals surface area contributed by atoms with Gasteiger partial charge in [-0.05, 0) is 29.3 Å². The van der Waals surface area contributed by atoms with Crippen LogP contribution >= 0.6 is 0 Å². The van der Waals surface area contributed by atoms with Crippen molar-refractivity contribution in [1.29, 1.82) is 0 Å². The fraction of sp³-hybridized carbons (Fsp3) is 0.100. The second kappa shape index (κ2) is 2.62. The molecule has 0 radical (unpaired) electrons. The van der Waals surface area contributed by atoms with Crippen LogP contribution < -0.4 is 5.73 Å². The molecule has 0 aliphatic heterocycles. The Labute approximate surface area is 75.5 Å². The summed E-state index contributed by atoms with van der Waals surface area (Å²) in [7, 11) is 0. The van der Waals surface area contributed by atoms with E-state index in [1.807, 2.05) is 6.07 Å². The number of carboxylic acid groups (broad SMARTS) is 1. The van der Waals surface area contributed by atoms with Crippen LogP contribution in [0.3, 0.4) is 0 Å². The fourth-order valence-electron chi connectivity index (χ4n) is 1.49. The Morgan fingerprint density at radius 2 is 2.23 bits per heavy atom.